The first kappa shape index (κ1) is 11.9. The van der Waals surface area contributed by atoms with Crippen LogP contribution >= 0.6 is 0 Å². The topological polar surface area (TPSA) is 49.8 Å². The fourth-order valence-electron chi connectivity index (χ4n) is 2.98. The highest BCUT2D eigenvalue weighted by Crippen LogP contribution is 2.27. The average Bonchev–Trinajstić information content (AvgIpc) is 2.53. The first-order chi connectivity index (χ1) is 7.77. The van der Waals surface area contributed by atoms with E-state index in [0.717, 1.165) is 51.9 Å². The van der Waals surface area contributed by atoms with Crippen molar-refractivity contribution in [3.05, 3.63) is 0 Å². The Bertz CT molecular complexity index is 236. The van der Waals surface area contributed by atoms with E-state index in [0.29, 0.717) is 12.5 Å². The van der Waals surface area contributed by atoms with Gasteiger partial charge in [0.05, 0.1) is 6.42 Å². The number of hydrogen-bond acceptors (Lipinski definition) is 3. The van der Waals surface area contributed by atoms with E-state index in [1.165, 1.54) is 0 Å². The fourth-order valence-corrected chi connectivity index (χ4v) is 2.98. The zero-order valence-electron chi connectivity index (χ0n) is 9.73. The maximum Gasteiger partial charge on any atom is 0.304 e. The molecule has 0 saturated carbocycles. The second-order valence-corrected chi connectivity index (χ2v) is 4.83. The normalized spacial score (nSPS) is 32.5. The molecule has 2 atom stereocenters. The van der Waals surface area contributed by atoms with E-state index in [4.69, 9.17) is 9.84 Å². The van der Waals surface area contributed by atoms with E-state index in [1.54, 1.807) is 0 Å². The largest absolute Gasteiger partial charge is 0.481 e. The van der Waals surface area contributed by atoms with Crippen LogP contribution in [-0.2, 0) is 9.53 Å². The maximum absolute atomic E-state index is 10.8. The number of carboxylic acid groups (broad SMARTS) is 1. The molecule has 4 nitrogen and oxygen atoms in total. The maximum atomic E-state index is 10.8. The number of carboxylic acids is 1. The van der Waals surface area contributed by atoms with Gasteiger partial charge in [-0.15, -0.1) is 0 Å². The van der Waals surface area contributed by atoms with Crippen molar-refractivity contribution >= 4 is 5.97 Å². The molecule has 2 rings (SSSR count). The van der Waals surface area contributed by atoms with Crippen molar-refractivity contribution in [2.45, 2.75) is 50.6 Å². The predicted octanol–water partition coefficient (Wildman–Crippen LogP) is 1.49. The Balaban J connectivity index is 1.92. The lowest BCUT2D eigenvalue weighted by Gasteiger charge is -2.31. The molecule has 0 radical (unpaired) electrons. The molecule has 2 fully saturated rings. The second kappa shape index (κ2) is 5.64. The molecule has 4 heteroatoms. The van der Waals surface area contributed by atoms with Gasteiger partial charge in [0.1, 0.15) is 0 Å². The SMILES string of the molecule is O=C(O)CC1CCCN1C1CCCOCC1. The summed E-state index contributed by atoms with van der Waals surface area (Å²) in [6.07, 6.45) is 5.84. The molecule has 2 unspecified atom stereocenters. The predicted molar refractivity (Wildman–Crippen MR) is 60.4 cm³/mol. The van der Waals surface area contributed by atoms with Gasteiger partial charge in [0, 0.05) is 25.3 Å². The summed E-state index contributed by atoms with van der Waals surface area (Å²) in [6.45, 7) is 2.78. The van der Waals surface area contributed by atoms with E-state index in [9.17, 15) is 4.79 Å². The zero-order valence-corrected chi connectivity index (χ0v) is 9.73. The lowest BCUT2D eigenvalue weighted by molar-refractivity contribution is -0.138. The fraction of sp³-hybridized carbons (Fsp3) is 0.917. The summed E-state index contributed by atoms with van der Waals surface area (Å²) in [4.78, 5) is 13.2. The van der Waals surface area contributed by atoms with E-state index in [1.807, 2.05) is 0 Å². The monoisotopic (exact) mass is 227 g/mol. The third-order valence-electron chi connectivity index (χ3n) is 3.72. The highest BCUT2D eigenvalue weighted by Gasteiger charge is 2.32. The molecular formula is C12H21NO3. The van der Waals surface area contributed by atoms with Gasteiger partial charge in [0.25, 0.3) is 0 Å². The van der Waals surface area contributed by atoms with Crippen LogP contribution in [0, 0.1) is 0 Å². The van der Waals surface area contributed by atoms with Crippen LogP contribution in [0.4, 0.5) is 0 Å². The molecule has 0 aromatic carbocycles. The quantitative estimate of drug-likeness (QED) is 0.793. The summed E-state index contributed by atoms with van der Waals surface area (Å²) < 4.78 is 5.46. The Labute approximate surface area is 96.6 Å². The van der Waals surface area contributed by atoms with Crippen LogP contribution in [0.5, 0.6) is 0 Å². The van der Waals surface area contributed by atoms with E-state index in [-0.39, 0.29) is 6.04 Å². The van der Waals surface area contributed by atoms with Crippen LogP contribution in [0.1, 0.15) is 38.5 Å². The van der Waals surface area contributed by atoms with Crippen molar-refractivity contribution in [1.29, 1.82) is 0 Å². The number of hydrogen-bond donors (Lipinski definition) is 1. The molecule has 0 bridgehead atoms. The average molecular weight is 227 g/mol. The minimum Gasteiger partial charge on any atom is -0.481 e. The van der Waals surface area contributed by atoms with Crippen molar-refractivity contribution in [3.63, 3.8) is 0 Å². The first-order valence-corrected chi connectivity index (χ1v) is 6.32. The van der Waals surface area contributed by atoms with Gasteiger partial charge in [-0.05, 0) is 38.6 Å². The smallest absolute Gasteiger partial charge is 0.304 e. The molecule has 92 valence electrons. The van der Waals surface area contributed by atoms with Crippen molar-refractivity contribution < 1.29 is 14.6 Å². The van der Waals surface area contributed by atoms with Crippen molar-refractivity contribution in [2.75, 3.05) is 19.8 Å². The molecular weight excluding hydrogens is 206 g/mol. The number of aliphatic carboxylic acids is 1. The Morgan fingerprint density at radius 3 is 2.94 bits per heavy atom. The van der Waals surface area contributed by atoms with Crippen LogP contribution in [0.25, 0.3) is 0 Å². The molecule has 1 N–H and O–H groups in total. The highest BCUT2D eigenvalue weighted by molar-refractivity contribution is 5.67. The highest BCUT2D eigenvalue weighted by atomic mass is 16.5. The minimum atomic E-state index is -0.665. The molecule has 0 aliphatic carbocycles. The van der Waals surface area contributed by atoms with Gasteiger partial charge in [0.15, 0.2) is 0 Å². The number of ether oxygens (including phenoxy) is 1. The summed E-state index contributed by atoms with van der Waals surface area (Å²) in [5.74, 6) is -0.665. The zero-order chi connectivity index (χ0) is 11.4. The van der Waals surface area contributed by atoms with Crippen molar-refractivity contribution in [3.8, 4) is 0 Å². The number of carbonyl (C=O) groups is 1. The molecule has 0 aromatic rings. The standard InChI is InChI=1S/C12H21NO3/c14-12(15)9-11-3-1-6-13(11)10-4-2-7-16-8-5-10/h10-11H,1-9H2,(H,14,15). The third-order valence-corrected chi connectivity index (χ3v) is 3.72. The van der Waals surface area contributed by atoms with Crippen molar-refractivity contribution in [2.24, 2.45) is 0 Å². The Morgan fingerprint density at radius 2 is 2.12 bits per heavy atom. The van der Waals surface area contributed by atoms with E-state index in [2.05, 4.69) is 4.90 Å². The lowest BCUT2D eigenvalue weighted by atomic mass is 10.0. The van der Waals surface area contributed by atoms with Gasteiger partial charge in [-0.1, -0.05) is 0 Å². The molecule has 16 heavy (non-hydrogen) atoms. The van der Waals surface area contributed by atoms with Crippen LogP contribution in [0.3, 0.4) is 0 Å². The summed E-state index contributed by atoms with van der Waals surface area (Å²) in [5, 5.41) is 8.89. The van der Waals surface area contributed by atoms with Crippen molar-refractivity contribution in [1.82, 2.24) is 4.90 Å². The summed E-state index contributed by atoms with van der Waals surface area (Å²) >= 11 is 0. The van der Waals surface area contributed by atoms with E-state index >= 15 is 0 Å². The Kier molecular flexibility index (Phi) is 4.18. The van der Waals surface area contributed by atoms with Gasteiger partial charge in [0.2, 0.25) is 0 Å². The van der Waals surface area contributed by atoms with Gasteiger partial charge in [-0.3, -0.25) is 9.69 Å². The molecule has 0 spiro atoms. The van der Waals surface area contributed by atoms with Gasteiger partial charge in [-0.25, -0.2) is 0 Å². The molecule has 2 aliphatic rings. The molecule has 0 aromatic heterocycles. The van der Waals surface area contributed by atoms with Crippen LogP contribution in [0.2, 0.25) is 0 Å². The van der Waals surface area contributed by atoms with Crippen LogP contribution in [0.15, 0.2) is 0 Å². The van der Waals surface area contributed by atoms with Gasteiger partial charge >= 0.3 is 5.97 Å². The number of likely N-dealkylation sites (tertiary alicyclic amines) is 1. The minimum absolute atomic E-state index is 0.264. The van der Waals surface area contributed by atoms with Crippen LogP contribution in [-0.4, -0.2) is 47.8 Å². The van der Waals surface area contributed by atoms with Gasteiger partial charge < -0.3 is 9.84 Å². The summed E-state index contributed by atoms with van der Waals surface area (Å²) in [5.41, 5.74) is 0. The molecule has 2 heterocycles. The van der Waals surface area contributed by atoms with Crippen LogP contribution < -0.4 is 0 Å². The third kappa shape index (κ3) is 2.95. The molecule has 2 saturated heterocycles. The molecule has 0 amide bonds. The van der Waals surface area contributed by atoms with Gasteiger partial charge in [-0.2, -0.15) is 0 Å². The number of rotatable bonds is 3. The molecule has 2 aliphatic heterocycles. The Morgan fingerprint density at radius 1 is 1.25 bits per heavy atom. The second-order valence-electron chi connectivity index (χ2n) is 4.83. The van der Waals surface area contributed by atoms with E-state index < -0.39 is 5.97 Å². The summed E-state index contributed by atoms with van der Waals surface area (Å²) in [6, 6.07) is 0.815. The number of nitrogens with zero attached hydrogens (tertiary/aromatic N) is 1. The summed E-state index contributed by atoms with van der Waals surface area (Å²) in [7, 11) is 0. The first-order valence-electron chi connectivity index (χ1n) is 6.32. The Hall–Kier alpha value is -0.610. The lowest BCUT2D eigenvalue weighted by Crippen LogP contribution is -2.40.